The molecule has 0 aliphatic carbocycles. The molecule has 1 atom stereocenters. The highest BCUT2D eigenvalue weighted by molar-refractivity contribution is 5.71. The Morgan fingerprint density at radius 1 is 0.971 bits per heavy atom. The molecule has 0 spiro atoms. The lowest BCUT2D eigenvalue weighted by Crippen LogP contribution is -2.26. The van der Waals surface area contributed by atoms with Gasteiger partial charge in [-0.2, -0.15) is 0 Å². The van der Waals surface area contributed by atoms with E-state index in [2.05, 4.69) is 69.1 Å². The van der Waals surface area contributed by atoms with Crippen LogP contribution in [0.1, 0.15) is 73.4 Å². The van der Waals surface area contributed by atoms with Crippen LogP contribution < -0.4 is 0 Å². The fourth-order valence-electron chi connectivity index (χ4n) is 4.98. The van der Waals surface area contributed by atoms with E-state index in [1.54, 1.807) is 6.20 Å². The van der Waals surface area contributed by atoms with Gasteiger partial charge in [-0.3, -0.25) is 9.78 Å². The summed E-state index contributed by atoms with van der Waals surface area (Å²) < 4.78 is 0. The van der Waals surface area contributed by atoms with Gasteiger partial charge < -0.3 is 10.2 Å². The van der Waals surface area contributed by atoms with Crippen molar-refractivity contribution in [3.8, 4) is 11.3 Å². The van der Waals surface area contributed by atoms with Crippen LogP contribution >= 0.6 is 0 Å². The van der Waals surface area contributed by atoms with Gasteiger partial charge in [-0.05, 0) is 85.9 Å². The Hall–Kier alpha value is -2.98. The van der Waals surface area contributed by atoms with Crippen LogP contribution in [-0.2, 0) is 23.1 Å². The molecule has 3 rings (SSSR count). The van der Waals surface area contributed by atoms with Gasteiger partial charge in [-0.25, -0.2) is 0 Å². The van der Waals surface area contributed by atoms with E-state index in [1.165, 1.54) is 22.3 Å². The van der Waals surface area contributed by atoms with Crippen LogP contribution in [0.15, 0.2) is 54.7 Å². The van der Waals surface area contributed by atoms with Crippen LogP contribution in [0.3, 0.4) is 0 Å². The Labute approximate surface area is 203 Å². The third kappa shape index (κ3) is 5.56. The molecule has 0 fully saturated rings. The first-order chi connectivity index (χ1) is 16.2. The minimum absolute atomic E-state index is 0.0159. The molecule has 180 valence electrons. The number of carboxylic acids is 1. The molecular weight excluding hydrogens is 422 g/mol. The maximum Gasteiger partial charge on any atom is 0.307 e. The number of aryl methyl sites for hydroxylation is 3. The van der Waals surface area contributed by atoms with Crippen LogP contribution in [0, 0.1) is 13.8 Å². The maximum atomic E-state index is 10.9. The minimum atomic E-state index is -0.850. The first-order valence-electron chi connectivity index (χ1n) is 12.3. The first kappa shape index (κ1) is 25.6. The molecule has 0 radical (unpaired) electrons. The molecule has 1 aromatic heterocycles. The Balaban J connectivity index is 1.95. The van der Waals surface area contributed by atoms with E-state index in [-0.39, 0.29) is 17.9 Å². The minimum Gasteiger partial charge on any atom is -0.481 e. The Morgan fingerprint density at radius 2 is 1.62 bits per heavy atom. The summed E-state index contributed by atoms with van der Waals surface area (Å²) in [5.41, 5.74) is 8.93. The second-order valence-corrected chi connectivity index (χ2v) is 9.47. The molecule has 1 unspecified atom stereocenters. The van der Waals surface area contributed by atoms with E-state index in [0.717, 1.165) is 42.5 Å². The van der Waals surface area contributed by atoms with Gasteiger partial charge in [0.25, 0.3) is 0 Å². The number of rotatable bonds is 10. The van der Waals surface area contributed by atoms with Gasteiger partial charge in [0.2, 0.25) is 0 Å². The standard InChI is InChI=1S/C30H37NO3/c1-6-30(7-2,25-12-11-24(20(3)16-25)10-8-22(5)32)26-13-14-27(21(4)17-26)28-15-9-23(19-31-28)18-29(33)34/h9,11-17,19,22,32H,6-8,10,18H2,1-5H3,(H,33,34). The number of aliphatic hydroxyl groups excluding tert-OH is 1. The molecule has 1 heterocycles. The van der Waals surface area contributed by atoms with Gasteiger partial charge in [0.1, 0.15) is 0 Å². The van der Waals surface area contributed by atoms with E-state index >= 15 is 0 Å². The zero-order chi connectivity index (χ0) is 24.9. The van der Waals surface area contributed by atoms with Crippen LogP contribution in [0.25, 0.3) is 11.3 Å². The quantitative estimate of drug-likeness (QED) is 0.367. The Morgan fingerprint density at radius 3 is 2.12 bits per heavy atom. The van der Waals surface area contributed by atoms with Crippen LogP contribution in [0.4, 0.5) is 0 Å². The fourth-order valence-corrected chi connectivity index (χ4v) is 4.98. The lowest BCUT2D eigenvalue weighted by Gasteiger charge is -2.34. The second-order valence-electron chi connectivity index (χ2n) is 9.47. The summed E-state index contributed by atoms with van der Waals surface area (Å²) in [6.07, 6.45) is 5.01. The zero-order valence-electron chi connectivity index (χ0n) is 21.1. The molecule has 0 aliphatic rings. The third-order valence-electron chi connectivity index (χ3n) is 7.17. The predicted molar refractivity (Wildman–Crippen MR) is 138 cm³/mol. The van der Waals surface area contributed by atoms with E-state index < -0.39 is 5.97 Å². The predicted octanol–water partition coefficient (Wildman–Crippen LogP) is 6.41. The molecule has 0 saturated carbocycles. The molecule has 0 amide bonds. The van der Waals surface area contributed by atoms with Crippen molar-refractivity contribution >= 4 is 5.97 Å². The maximum absolute atomic E-state index is 10.9. The van der Waals surface area contributed by atoms with Gasteiger partial charge in [0.15, 0.2) is 0 Å². The van der Waals surface area contributed by atoms with E-state index in [4.69, 9.17) is 5.11 Å². The van der Waals surface area contributed by atoms with Crippen molar-refractivity contribution in [1.82, 2.24) is 4.98 Å². The van der Waals surface area contributed by atoms with Crippen molar-refractivity contribution in [3.63, 3.8) is 0 Å². The molecule has 4 heteroatoms. The first-order valence-corrected chi connectivity index (χ1v) is 12.3. The number of pyridine rings is 1. The highest BCUT2D eigenvalue weighted by Crippen LogP contribution is 2.41. The molecule has 34 heavy (non-hydrogen) atoms. The zero-order valence-corrected chi connectivity index (χ0v) is 21.1. The highest BCUT2D eigenvalue weighted by Gasteiger charge is 2.31. The van der Waals surface area contributed by atoms with Crippen molar-refractivity contribution in [2.24, 2.45) is 0 Å². The van der Waals surface area contributed by atoms with E-state index in [9.17, 15) is 9.90 Å². The topological polar surface area (TPSA) is 70.4 Å². The van der Waals surface area contributed by atoms with Gasteiger partial charge >= 0.3 is 5.97 Å². The third-order valence-corrected chi connectivity index (χ3v) is 7.17. The molecule has 0 saturated heterocycles. The average Bonchev–Trinajstić information content (AvgIpc) is 2.80. The number of benzene rings is 2. The van der Waals surface area contributed by atoms with Gasteiger partial charge in [0.05, 0.1) is 18.2 Å². The summed E-state index contributed by atoms with van der Waals surface area (Å²) in [5.74, 6) is -0.850. The summed E-state index contributed by atoms with van der Waals surface area (Å²) >= 11 is 0. The molecule has 2 N–H and O–H groups in total. The number of nitrogens with zero attached hydrogens (tertiary/aromatic N) is 1. The largest absolute Gasteiger partial charge is 0.481 e. The number of hydrogen-bond acceptors (Lipinski definition) is 3. The number of carboxylic acid groups (broad SMARTS) is 1. The van der Waals surface area contributed by atoms with Gasteiger partial charge in [-0.1, -0.05) is 56.3 Å². The van der Waals surface area contributed by atoms with E-state index in [0.29, 0.717) is 5.56 Å². The van der Waals surface area contributed by atoms with E-state index in [1.807, 2.05) is 19.1 Å². The number of aliphatic hydroxyl groups is 1. The van der Waals surface area contributed by atoms with Crippen molar-refractivity contribution in [1.29, 1.82) is 0 Å². The lowest BCUT2D eigenvalue weighted by molar-refractivity contribution is -0.136. The van der Waals surface area contributed by atoms with Crippen molar-refractivity contribution < 1.29 is 15.0 Å². The van der Waals surface area contributed by atoms with Crippen molar-refractivity contribution in [3.05, 3.63) is 88.1 Å². The van der Waals surface area contributed by atoms with Crippen LogP contribution in [-0.4, -0.2) is 27.3 Å². The molecular formula is C30H37NO3. The fraction of sp³-hybridized carbons (Fsp3) is 0.400. The normalized spacial score (nSPS) is 12.5. The number of aliphatic carboxylic acids is 1. The van der Waals surface area contributed by atoms with Crippen LogP contribution in [0.5, 0.6) is 0 Å². The summed E-state index contributed by atoms with van der Waals surface area (Å²) in [5, 5.41) is 18.7. The molecule has 0 bridgehead atoms. The molecule has 2 aromatic carbocycles. The SMILES string of the molecule is CCC(CC)(c1ccc(CCC(C)O)c(C)c1)c1ccc(-c2ccc(CC(=O)O)cn2)c(C)c1. The molecule has 0 aliphatic heterocycles. The average molecular weight is 460 g/mol. The number of hydrogen-bond donors (Lipinski definition) is 2. The smallest absolute Gasteiger partial charge is 0.307 e. The number of aromatic nitrogens is 1. The Kier molecular flexibility index (Phi) is 8.27. The monoisotopic (exact) mass is 459 g/mol. The summed E-state index contributed by atoms with van der Waals surface area (Å²) in [6, 6.07) is 17.2. The molecule has 4 nitrogen and oxygen atoms in total. The van der Waals surface area contributed by atoms with Crippen molar-refractivity contribution in [2.45, 2.75) is 78.2 Å². The lowest BCUT2D eigenvalue weighted by atomic mass is 9.69. The molecule has 3 aromatic rings. The summed E-state index contributed by atoms with van der Waals surface area (Å²) in [4.78, 5) is 15.5. The summed E-state index contributed by atoms with van der Waals surface area (Å²) in [6.45, 7) is 10.6. The van der Waals surface area contributed by atoms with Gasteiger partial charge in [-0.15, -0.1) is 0 Å². The van der Waals surface area contributed by atoms with Crippen molar-refractivity contribution in [2.75, 3.05) is 0 Å². The highest BCUT2D eigenvalue weighted by atomic mass is 16.4. The Bertz CT molecular complexity index is 1130. The van der Waals surface area contributed by atoms with Gasteiger partial charge in [0, 0.05) is 17.2 Å². The summed E-state index contributed by atoms with van der Waals surface area (Å²) in [7, 11) is 0. The number of carbonyl (C=O) groups is 1. The van der Waals surface area contributed by atoms with Crippen LogP contribution in [0.2, 0.25) is 0 Å². The second kappa shape index (κ2) is 11.0.